The minimum Gasteiger partial charge on any atom is -0.457 e. The molecule has 0 aliphatic carbocycles. The minimum atomic E-state index is -0.0581. The number of ether oxygens (including phenoxy) is 1. The van der Waals surface area contributed by atoms with Crippen LogP contribution in [0.5, 0.6) is 11.5 Å². The summed E-state index contributed by atoms with van der Waals surface area (Å²) in [4.78, 5) is 7.22. The van der Waals surface area contributed by atoms with Gasteiger partial charge in [-0.2, -0.15) is 0 Å². The zero-order valence-electron chi connectivity index (χ0n) is 29.2. The molecule has 2 aromatic heterocycles. The van der Waals surface area contributed by atoms with Crippen molar-refractivity contribution in [2.75, 3.05) is 16.9 Å². The fraction of sp³-hybridized carbons (Fsp3) is 0.310. The number of para-hydroxylation sites is 1. The lowest BCUT2D eigenvalue weighted by Crippen LogP contribution is -2.19. The lowest BCUT2D eigenvalue weighted by atomic mass is 9.86. The number of fused-ring (bicyclic) bond motifs is 4. The Labute approximate surface area is 279 Å². The molecule has 0 amide bonds. The SMILES string of the molecule is CC(C)(C)c1cc(Oc2ccc3c4ccccc4n(-c4cc(C(C)(C)C)ccn4)c3c2)cc(N2CNc3ccc(C(C)(C)C)cc32)c1. The van der Waals surface area contributed by atoms with Crippen molar-refractivity contribution in [3.63, 3.8) is 0 Å². The van der Waals surface area contributed by atoms with Crippen molar-refractivity contribution in [1.29, 1.82) is 0 Å². The third kappa shape index (κ3) is 5.73. The number of benzene rings is 4. The number of nitrogens with one attached hydrogen (secondary N) is 1. The molecule has 240 valence electrons. The normalized spacial score (nSPS) is 13.7. The monoisotopic (exact) mass is 622 g/mol. The summed E-state index contributed by atoms with van der Waals surface area (Å²) in [6, 6.07) is 32.8. The molecule has 47 heavy (non-hydrogen) atoms. The zero-order valence-corrected chi connectivity index (χ0v) is 29.2. The molecule has 3 heterocycles. The average molecular weight is 623 g/mol. The van der Waals surface area contributed by atoms with E-state index >= 15 is 0 Å². The number of aromatic nitrogens is 2. The highest BCUT2D eigenvalue weighted by Gasteiger charge is 2.26. The molecule has 0 spiro atoms. The summed E-state index contributed by atoms with van der Waals surface area (Å²) in [5, 5.41) is 5.97. The summed E-state index contributed by atoms with van der Waals surface area (Å²) in [5.74, 6) is 2.52. The van der Waals surface area contributed by atoms with Crippen molar-refractivity contribution in [1.82, 2.24) is 9.55 Å². The first-order valence-electron chi connectivity index (χ1n) is 16.7. The van der Waals surface area contributed by atoms with E-state index < -0.39 is 0 Å². The Morgan fingerprint density at radius 3 is 2.06 bits per heavy atom. The maximum absolute atomic E-state index is 6.77. The fourth-order valence-corrected chi connectivity index (χ4v) is 6.49. The predicted molar refractivity (Wildman–Crippen MR) is 198 cm³/mol. The molecule has 0 radical (unpaired) electrons. The van der Waals surface area contributed by atoms with Gasteiger partial charge >= 0.3 is 0 Å². The highest BCUT2D eigenvalue weighted by molar-refractivity contribution is 6.09. The Kier molecular flexibility index (Phi) is 7.16. The molecule has 0 atom stereocenters. The van der Waals surface area contributed by atoms with Gasteiger partial charge in [0, 0.05) is 34.8 Å². The van der Waals surface area contributed by atoms with Crippen LogP contribution >= 0.6 is 0 Å². The third-order valence-electron chi connectivity index (χ3n) is 9.37. The van der Waals surface area contributed by atoms with E-state index in [9.17, 15) is 0 Å². The Bertz CT molecular complexity index is 2140. The van der Waals surface area contributed by atoms with Crippen molar-refractivity contribution in [2.45, 2.75) is 78.6 Å². The molecule has 0 saturated heterocycles. The maximum atomic E-state index is 6.77. The van der Waals surface area contributed by atoms with Gasteiger partial charge in [0.1, 0.15) is 17.3 Å². The molecule has 5 heteroatoms. The van der Waals surface area contributed by atoms with Gasteiger partial charge in [-0.15, -0.1) is 0 Å². The molecule has 0 bridgehead atoms. The standard InChI is InChI=1S/C42H46N4O/c1-40(2,3)27-14-17-35-38(22-27)45(26-44-35)30-20-29(42(7,8)9)21-32(24-30)47-31-15-16-34-33-12-10-11-13-36(33)46(37(34)25-31)39-23-28(18-19-43-39)41(4,5)6/h10-25,44H,26H2,1-9H3. The van der Waals surface area contributed by atoms with Crippen molar-refractivity contribution >= 4 is 38.9 Å². The lowest BCUT2D eigenvalue weighted by Gasteiger charge is -2.26. The minimum absolute atomic E-state index is 0.0141. The van der Waals surface area contributed by atoms with Crippen molar-refractivity contribution in [3.8, 4) is 17.3 Å². The van der Waals surface area contributed by atoms with Crippen LogP contribution in [0.3, 0.4) is 0 Å². The number of hydrogen-bond acceptors (Lipinski definition) is 4. The first-order valence-corrected chi connectivity index (χ1v) is 16.7. The molecule has 1 N–H and O–H groups in total. The first kappa shape index (κ1) is 30.9. The molecule has 5 nitrogen and oxygen atoms in total. The summed E-state index contributed by atoms with van der Waals surface area (Å²) in [6.07, 6.45) is 1.92. The second-order valence-corrected chi connectivity index (χ2v) is 16.0. The molecule has 1 aliphatic rings. The summed E-state index contributed by atoms with van der Waals surface area (Å²) in [5.41, 5.74) is 9.49. The van der Waals surface area contributed by atoms with E-state index in [2.05, 4.69) is 168 Å². The van der Waals surface area contributed by atoms with Gasteiger partial charge in [-0.25, -0.2) is 4.98 Å². The van der Waals surface area contributed by atoms with E-state index in [4.69, 9.17) is 9.72 Å². The van der Waals surface area contributed by atoms with Crippen LogP contribution in [0.2, 0.25) is 0 Å². The van der Waals surface area contributed by atoms with Gasteiger partial charge in [-0.1, -0.05) is 86.6 Å². The van der Waals surface area contributed by atoms with E-state index in [0.29, 0.717) is 6.67 Å². The maximum Gasteiger partial charge on any atom is 0.137 e. The van der Waals surface area contributed by atoms with Gasteiger partial charge in [-0.05, 0) is 87.5 Å². The van der Waals surface area contributed by atoms with Crippen molar-refractivity contribution in [2.24, 2.45) is 0 Å². The molecule has 0 fully saturated rings. The highest BCUT2D eigenvalue weighted by Crippen LogP contribution is 2.43. The van der Waals surface area contributed by atoms with Gasteiger partial charge in [0.05, 0.1) is 29.1 Å². The summed E-state index contributed by atoms with van der Waals surface area (Å²) >= 11 is 0. The smallest absolute Gasteiger partial charge is 0.137 e. The van der Waals surface area contributed by atoms with Crippen LogP contribution in [-0.2, 0) is 16.2 Å². The fourth-order valence-electron chi connectivity index (χ4n) is 6.49. The first-order chi connectivity index (χ1) is 22.2. The molecule has 0 saturated carbocycles. The zero-order chi connectivity index (χ0) is 33.3. The molecule has 6 aromatic rings. The van der Waals surface area contributed by atoms with E-state index in [-0.39, 0.29) is 16.2 Å². The number of pyridine rings is 1. The Balaban J connectivity index is 1.33. The quantitative estimate of drug-likeness (QED) is 0.212. The lowest BCUT2D eigenvalue weighted by molar-refractivity contribution is 0.479. The van der Waals surface area contributed by atoms with Crippen LogP contribution in [0.1, 0.15) is 79.0 Å². The molecule has 7 rings (SSSR count). The number of anilines is 3. The van der Waals surface area contributed by atoms with Gasteiger partial charge in [0.25, 0.3) is 0 Å². The van der Waals surface area contributed by atoms with Gasteiger partial charge in [0.2, 0.25) is 0 Å². The molecule has 4 aromatic carbocycles. The van der Waals surface area contributed by atoms with Gasteiger partial charge < -0.3 is 15.0 Å². The van der Waals surface area contributed by atoms with Crippen LogP contribution in [0, 0.1) is 0 Å². The van der Waals surface area contributed by atoms with Crippen LogP contribution in [-0.4, -0.2) is 16.2 Å². The average Bonchev–Trinajstić information content (AvgIpc) is 3.58. The number of rotatable bonds is 4. The summed E-state index contributed by atoms with van der Waals surface area (Å²) < 4.78 is 9.04. The predicted octanol–water partition coefficient (Wildman–Crippen LogP) is 11.4. The van der Waals surface area contributed by atoms with E-state index in [0.717, 1.165) is 39.7 Å². The van der Waals surface area contributed by atoms with Crippen LogP contribution in [0.15, 0.2) is 97.2 Å². The highest BCUT2D eigenvalue weighted by atomic mass is 16.5. The van der Waals surface area contributed by atoms with E-state index in [1.807, 2.05) is 6.20 Å². The molecule has 0 unspecified atom stereocenters. The Morgan fingerprint density at radius 1 is 0.617 bits per heavy atom. The largest absolute Gasteiger partial charge is 0.457 e. The topological polar surface area (TPSA) is 42.3 Å². The Hall–Kier alpha value is -4.77. The van der Waals surface area contributed by atoms with Gasteiger partial charge in [-0.3, -0.25) is 4.57 Å². The van der Waals surface area contributed by atoms with Crippen LogP contribution < -0.4 is 15.0 Å². The van der Waals surface area contributed by atoms with Crippen LogP contribution in [0.25, 0.3) is 27.6 Å². The summed E-state index contributed by atoms with van der Waals surface area (Å²) in [7, 11) is 0. The van der Waals surface area contributed by atoms with Crippen molar-refractivity contribution in [3.05, 3.63) is 114 Å². The molecular weight excluding hydrogens is 576 g/mol. The third-order valence-corrected chi connectivity index (χ3v) is 9.37. The second kappa shape index (κ2) is 10.9. The number of nitrogens with zero attached hydrogens (tertiary/aromatic N) is 3. The molecular formula is C42H46N4O. The number of hydrogen-bond donors (Lipinski definition) is 1. The van der Waals surface area contributed by atoms with E-state index in [1.165, 1.54) is 33.2 Å². The molecule has 1 aliphatic heterocycles. The van der Waals surface area contributed by atoms with Crippen LogP contribution in [0.4, 0.5) is 17.1 Å². The van der Waals surface area contributed by atoms with Crippen molar-refractivity contribution < 1.29 is 4.74 Å². The Morgan fingerprint density at radius 2 is 1.32 bits per heavy atom. The second-order valence-electron chi connectivity index (χ2n) is 16.0. The van der Waals surface area contributed by atoms with Gasteiger partial charge in [0.15, 0.2) is 0 Å². The summed E-state index contributed by atoms with van der Waals surface area (Å²) in [6.45, 7) is 21.0. The van der Waals surface area contributed by atoms with E-state index in [1.54, 1.807) is 0 Å².